The number of likely N-dealkylation sites (N-methyl/N-ethyl adjacent to an activating group) is 1. The van der Waals surface area contributed by atoms with E-state index >= 15 is 0 Å². The van der Waals surface area contributed by atoms with Crippen LogP contribution >= 0.6 is 7.82 Å². The zero-order valence-electron chi connectivity index (χ0n) is 54.2. The number of rotatable bonds is 62. The number of allylic oxidation sites excluding steroid dienone is 17. The minimum absolute atomic E-state index is 0.0495. The van der Waals surface area contributed by atoms with Crippen LogP contribution < -0.4 is 5.32 Å². The van der Waals surface area contributed by atoms with E-state index in [1.54, 1.807) is 6.08 Å². The Kier molecular flexibility index (Phi) is 60.5. The van der Waals surface area contributed by atoms with Crippen LogP contribution in [0.1, 0.15) is 296 Å². The number of carbonyl (C=O) groups excluding carboxylic acids is 1. The lowest BCUT2D eigenvalue weighted by Gasteiger charge is -2.25. The molecule has 0 aromatic rings. The third-order valence-corrected chi connectivity index (χ3v) is 15.9. The monoisotopic (exact) mass is 1160 g/mol. The molecule has 3 atom stereocenters. The Morgan fingerprint density at radius 2 is 0.744 bits per heavy atom. The highest BCUT2D eigenvalue weighted by Gasteiger charge is 2.28. The molecular formula is C73H132N2O6P+. The van der Waals surface area contributed by atoms with Gasteiger partial charge in [0.05, 0.1) is 39.9 Å². The fraction of sp³-hybridized carbons (Fsp3) is 0.740. The Labute approximate surface area is 508 Å². The molecule has 0 radical (unpaired) electrons. The average molecular weight is 1160 g/mol. The summed E-state index contributed by atoms with van der Waals surface area (Å²) in [6.45, 7) is 4.69. The Morgan fingerprint density at radius 3 is 1.12 bits per heavy atom. The molecule has 3 N–H and O–H groups in total. The van der Waals surface area contributed by atoms with Gasteiger partial charge in [-0.15, -0.1) is 0 Å². The lowest BCUT2D eigenvalue weighted by atomic mass is 10.0. The van der Waals surface area contributed by atoms with E-state index < -0.39 is 20.0 Å². The zero-order valence-corrected chi connectivity index (χ0v) is 55.1. The summed E-state index contributed by atoms with van der Waals surface area (Å²) in [6, 6.07) is -0.878. The second kappa shape index (κ2) is 62.7. The molecule has 0 spiro atoms. The van der Waals surface area contributed by atoms with Crippen LogP contribution in [0, 0.1) is 0 Å². The highest BCUT2D eigenvalue weighted by atomic mass is 31.2. The first-order chi connectivity index (χ1) is 40.0. The average Bonchev–Trinajstić information content (AvgIpc) is 3.47. The van der Waals surface area contributed by atoms with Gasteiger partial charge >= 0.3 is 7.82 Å². The number of phosphoric acid groups is 1. The number of phosphoric ester groups is 1. The number of aliphatic hydroxyl groups excluding tert-OH is 1. The van der Waals surface area contributed by atoms with Crippen LogP contribution in [0.2, 0.25) is 0 Å². The summed E-state index contributed by atoms with van der Waals surface area (Å²) in [5, 5.41) is 14.0. The molecule has 0 aliphatic rings. The molecule has 0 bridgehead atoms. The molecule has 0 aromatic heterocycles. The highest BCUT2D eigenvalue weighted by molar-refractivity contribution is 7.47. The van der Waals surface area contributed by atoms with E-state index in [1.165, 1.54) is 193 Å². The summed E-state index contributed by atoms with van der Waals surface area (Å²) >= 11 is 0. The van der Waals surface area contributed by atoms with Gasteiger partial charge in [0, 0.05) is 6.42 Å². The Hall–Kier alpha value is -2.84. The third kappa shape index (κ3) is 64.7. The van der Waals surface area contributed by atoms with Crippen LogP contribution in [0.5, 0.6) is 0 Å². The number of carbonyl (C=O) groups is 1. The molecule has 0 aromatic carbocycles. The van der Waals surface area contributed by atoms with Crippen molar-refractivity contribution in [1.82, 2.24) is 5.32 Å². The Morgan fingerprint density at radius 1 is 0.427 bits per heavy atom. The van der Waals surface area contributed by atoms with Gasteiger partial charge in [-0.05, 0) is 96.3 Å². The smallest absolute Gasteiger partial charge is 0.387 e. The number of amides is 1. The van der Waals surface area contributed by atoms with Crippen molar-refractivity contribution in [3.05, 3.63) is 109 Å². The Balaban J connectivity index is 4.16. The molecule has 0 aliphatic heterocycles. The van der Waals surface area contributed by atoms with E-state index in [9.17, 15) is 19.4 Å². The zero-order chi connectivity index (χ0) is 59.8. The lowest BCUT2D eigenvalue weighted by molar-refractivity contribution is -0.870. The van der Waals surface area contributed by atoms with E-state index in [-0.39, 0.29) is 19.1 Å². The highest BCUT2D eigenvalue weighted by Crippen LogP contribution is 2.43. The van der Waals surface area contributed by atoms with E-state index in [0.29, 0.717) is 17.4 Å². The largest absolute Gasteiger partial charge is 0.472 e. The van der Waals surface area contributed by atoms with Crippen LogP contribution in [0.15, 0.2) is 109 Å². The van der Waals surface area contributed by atoms with E-state index in [2.05, 4.69) is 116 Å². The molecule has 0 saturated heterocycles. The fourth-order valence-electron chi connectivity index (χ4n) is 9.67. The van der Waals surface area contributed by atoms with Crippen LogP contribution in [-0.2, 0) is 18.4 Å². The second-order valence-corrected chi connectivity index (χ2v) is 25.6. The van der Waals surface area contributed by atoms with Gasteiger partial charge in [0.25, 0.3) is 0 Å². The minimum atomic E-state index is -4.37. The molecule has 0 saturated carbocycles. The first-order valence-corrected chi connectivity index (χ1v) is 35.8. The van der Waals surface area contributed by atoms with E-state index in [1.807, 2.05) is 27.2 Å². The summed E-state index contributed by atoms with van der Waals surface area (Å²) in [5.41, 5.74) is 0. The van der Waals surface area contributed by atoms with Gasteiger partial charge in [0.1, 0.15) is 13.2 Å². The first kappa shape index (κ1) is 79.2. The molecule has 3 unspecified atom stereocenters. The van der Waals surface area contributed by atoms with Gasteiger partial charge in [-0.25, -0.2) is 4.57 Å². The number of hydrogen-bond acceptors (Lipinski definition) is 5. The predicted octanol–water partition coefficient (Wildman–Crippen LogP) is 21.9. The van der Waals surface area contributed by atoms with Crippen molar-refractivity contribution < 1.29 is 32.9 Å². The maximum atomic E-state index is 13.0. The number of hydrogen-bond donors (Lipinski definition) is 3. The van der Waals surface area contributed by atoms with Gasteiger partial charge in [-0.1, -0.05) is 303 Å². The van der Waals surface area contributed by atoms with Crippen molar-refractivity contribution in [2.75, 3.05) is 40.9 Å². The molecule has 0 aliphatic carbocycles. The van der Waals surface area contributed by atoms with Gasteiger partial charge in [0.15, 0.2) is 0 Å². The summed E-state index contributed by atoms with van der Waals surface area (Å²) < 4.78 is 23.8. The van der Waals surface area contributed by atoms with Crippen molar-refractivity contribution in [2.24, 2.45) is 0 Å². The Bertz CT molecular complexity index is 1700. The maximum Gasteiger partial charge on any atom is 0.472 e. The molecule has 474 valence electrons. The maximum absolute atomic E-state index is 13.0. The lowest BCUT2D eigenvalue weighted by Crippen LogP contribution is -2.45. The van der Waals surface area contributed by atoms with Crippen molar-refractivity contribution in [3.8, 4) is 0 Å². The number of aliphatic hydroxyl groups is 1. The summed E-state index contributed by atoms with van der Waals surface area (Å²) in [6.07, 6.45) is 92.3. The molecule has 82 heavy (non-hydrogen) atoms. The number of nitrogens with zero attached hydrogens (tertiary/aromatic N) is 1. The molecule has 0 rings (SSSR count). The first-order valence-electron chi connectivity index (χ1n) is 34.3. The molecular weight excluding hydrogens is 1030 g/mol. The van der Waals surface area contributed by atoms with Gasteiger partial charge in [0.2, 0.25) is 5.91 Å². The van der Waals surface area contributed by atoms with Crippen molar-refractivity contribution >= 4 is 13.7 Å². The second-order valence-electron chi connectivity index (χ2n) is 24.2. The summed E-state index contributed by atoms with van der Waals surface area (Å²) in [7, 11) is 1.54. The summed E-state index contributed by atoms with van der Waals surface area (Å²) in [5.74, 6) is -0.193. The van der Waals surface area contributed by atoms with E-state index in [4.69, 9.17) is 9.05 Å². The van der Waals surface area contributed by atoms with Crippen LogP contribution in [0.4, 0.5) is 0 Å². The molecule has 9 heteroatoms. The summed E-state index contributed by atoms with van der Waals surface area (Å²) in [4.78, 5) is 23.4. The SMILES string of the molecule is CC/C=C\C/C=C\C/C=C\C/C=C\C/C=C\C/C=C\CCCCCCCCCCCCCCCCC(=O)NC(COP(=O)(O)OCC[N+](C)(C)C)C(O)/C=C/CC/C=C/CC/C=C/CCCCCCCCCCCCCCCCCCC. The quantitative estimate of drug-likeness (QED) is 0.0243. The van der Waals surface area contributed by atoms with Gasteiger partial charge in [-0.2, -0.15) is 0 Å². The number of quaternary nitrogens is 1. The molecule has 0 fully saturated rings. The van der Waals surface area contributed by atoms with Crippen molar-refractivity contribution in [3.63, 3.8) is 0 Å². The third-order valence-electron chi connectivity index (χ3n) is 15.0. The van der Waals surface area contributed by atoms with Crippen molar-refractivity contribution in [1.29, 1.82) is 0 Å². The van der Waals surface area contributed by atoms with E-state index in [0.717, 1.165) is 83.5 Å². The number of unbranched alkanes of at least 4 members (excludes halogenated alkanes) is 33. The molecule has 1 amide bonds. The molecule has 8 nitrogen and oxygen atoms in total. The van der Waals surface area contributed by atoms with Gasteiger partial charge < -0.3 is 19.8 Å². The minimum Gasteiger partial charge on any atom is -0.387 e. The van der Waals surface area contributed by atoms with Crippen LogP contribution in [0.3, 0.4) is 0 Å². The number of nitrogens with one attached hydrogen (secondary N) is 1. The van der Waals surface area contributed by atoms with Gasteiger partial charge in [-0.3, -0.25) is 13.8 Å². The fourth-order valence-corrected chi connectivity index (χ4v) is 10.4. The van der Waals surface area contributed by atoms with Crippen LogP contribution in [0.25, 0.3) is 0 Å². The van der Waals surface area contributed by atoms with Crippen molar-refractivity contribution in [2.45, 2.75) is 309 Å². The molecule has 0 heterocycles. The standard InChI is InChI=1S/C73H131N2O6P/c1-6-8-10-12-14-16-18-20-22-24-26-28-30-32-34-35-36-37-38-39-41-43-45-47-49-51-53-55-57-59-61-63-65-67-73(77)74-71(70-81-82(78,79)80-69-68-75(3,4)5)72(76)66-64-62-60-58-56-54-52-50-48-46-44-42-40-33-31-29-27-25-23-21-19-17-15-13-11-9-7-2/h8,10,14,16,20,22,26,28,32,34,36-37,48,50,56,58,64,66,71-72,76H,6-7,9,11-13,15,17-19,21,23-25,27,29-31,33,35,38-47,49,51-55,57,59-63,65,67-70H2,1-5H3,(H-,74,77,78,79)/p+1/b10-8-,16-14-,22-20-,28-26-,34-32-,37-36-,50-48+,58-56+,66-64+. The topological polar surface area (TPSA) is 105 Å². The normalized spacial score (nSPS) is 14.4. The predicted molar refractivity (Wildman–Crippen MR) is 359 cm³/mol. The van der Waals surface area contributed by atoms with Crippen LogP contribution in [-0.4, -0.2) is 73.4 Å².